The molecule has 0 radical (unpaired) electrons. The lowest BCUT2D eigenvalue weighted by atomic mass is 9.65. The first-order valence-corrected chi connectivity index (χ1v) is 9.60. The largest absolute Gasteiger partial charge is 0.391 e. The molecule has 1 saturated heterocycles. The molecule has 0 bridgehead atoms. The van der Waals surface area contributed by atoms with E-state index in [-0.39, 0.29) is 17.4 Å². The average Bonchev–Trinajstić information content (AvgIpc) is 3.17. The van der Waals surface area contributed by atoms with Crippen molar-refractivity contribution in [2.24, 2.45) is 11.3 Å². The summed E-state index contributed by atoms with van der Waals surface area (Å²) in [6, 6.07) is 5.88. The molecule has 4 rings (SSSR count). The molecule has 26 heavy (non-hydrogen) atoms. The summed E-state index contributed by atoms with van der Waals surface area (Å²) in [6.07, 6.45) is 2.84. The van der Waals surface area contributed by atoms with Crippen molar-refractivity contribution in [3.05, 3.63) is 30.0 Å². The van der Waals surface area contributed by atoms with E-state index in [1.807, 2.05) is 12.1 Å². The molecule has 1 aliphatic carbocycles. The predicted octanol–water partition coefficient (Wildman–Crippen LogP) is 2.16. The minimum atomic E-state index is -0.486. The van der Waals surface area contributed by atoms with Crippen LogP contribution in [0.2, 0.25) is 0 Å². The van der Waals surface area contributed by atoms with Crippen molar-refractivity contribution >= 4 is 16.8 Å². The van der Waals surface area contributed by atoms with E-state index in [1.54, 1.807) is 12.3 Å². The fourth-order valence-electron chi connectivity index (χ4n) is 5.45. The summed E-state index contributed by atoms with van der Waals surface area (Å²) in [5.41, 5.74) is 1.45. The number of carbonyl (C=O) groups excluding carboxylic acids is 1. The van der Waals surface area contributed by atoms with Crippen molar-refractivity contribution in [1.82, 2.24) is 20.4 Å². The van der Waals surface area contributed by atoms with Gasteiger partial charge in [0.1, 0.15) is 0 Å². The normalized spacial score (nSPS) is 31.7. The van der Waals surface area contributed by atoms with Crippen LogP contribution in [0.4, 0.5) is 0 Å². The topological polar surface area (TPSA) is 81.2 Å². The lowest BCUT2D eigenvalue weighted by molar-refractivity contribution is -0.0963. The van der Waals surface area contributed by atoms with Crippen LogP contribution in [0.5, 0.6) is 0 Å². The molecule has 1 aliphatic heterocycles. The molecule has 6 heteroatoms. The fraction of sp³-hybridized carbons (Fsp3) is 0.600. The van der Waals surface area contributed by atoms with Crippen LogP contribution in [0.15, 0.2) is 24.4 Å². The van der Waals surface area contributed by atoms with Gasteiger partial charge in [0, 0.05) is 23.4 Å². The molecule has 3 N–H and O–H groups in total. The van der Waals surface area contributed by atoms with Crippen LogP contribution in [0.1, 0.15) is 44.0 Å². The maximum Gasteiger partial charge on any atom is 0.253 e. The number of aliphatic hydroxyl groups is 1. The first-order chi connectivity index (χ1) is 12.4. The minimum absolute atomic E-state index is 0.127. The number of nitrogens with one attached hydrogen (secondary N) is 2. The van der Waals surface area contributed by atoms with Crippen LogP contribution in [0.25, 0.3) is 10.9 Å². The van der Waals surface area contributed by atoms with Gasteiger partial charge in [0.25, 0.3) is 5.91 Å². The number of fused-ring (bicyclic) bond motifs is 1. The summed E-state index contributed by atoms with van der Waals surface area (Å²) >= 11 is 0. The number of amides is 1. The Balaban J connectivity index is 1.51. The molecular weight excluding hydrogens is 328 g/mol. The Morgan fingerprint density at radius 3 is 3.00 bits per heavy atom. The first kappa shape index (κ1) is 17.5. The second kappa shape index (κ2) is 6.35. The van der Waals surface area contributed by atoms with Crippen LogP contribution in [-0.2, 0) is 0 Å². The van der Waals surface area contributed by atoms with Gasteiger partial charge < -0.3 is 10.4 Å². The van der Waals surface area contributed by atoms with Gasteiger partial charge in [-0.1, -0.05) is 32.9 Å². The second-order valence-electron chi connectivity index (χ2n) is 8.31. The monoisotopic (exact) mass is 356 g/mol. The van der Waals surface area contributed by atoms with E-state index < -0.39 is 6.10 Å². The third-order valence-corrected chi connectivity index (χ3v) is 6.32. The van der Waals surface area contributed by atoms with Crippen LogP contribution in [-0.4, -0.2) is 57.4 Å². The third-order valence-electron chi connectivity index (χ3n) is 6.32. The number of carbonyl (C=O) groups is 1. The number of hydrogen-bond acceptors (Lipinski definition) is 4. The third kappa shape index (κ3) is 2.63. The van der Waals surface area contributed by atoms with Crippen LogP contribution >= 0.6 is 0 Å². The number of hydrogen-bond donors (Lipinski definition) is 3. The summed E-state index contributed by atoms with van der Waals surface area (Å²) in [6.45, 7) is 8.76. The number of rotatable bonds is 4. The number of aliphatic hydroxyl groups excluding tert-OH is 1. The van der Waals surface area contributed by atoms with Gasteiger partial charge in [0.05, 0.1) is 29.4 Å². The summed E-state index contributed by atoms with van der Waals surface area (Å²) in [7, 11) is 0. The highest BCUT2D eigenvalue weighted by molar-refractivity contribution is 6.05. The number of likely N-dealkylation sites (tertiary alicyclic amines) is 1. The summed E-state index contributed by atoms with van der Waals surface area (Å²) in [5.74, 6) is 0.401. The molecule has 2 unspecified atom stereocenters. The Morgan fingerprint density at radius 1 is 1.46 bits per heavy atom. The molecule has 2 heterocycles. The maximum atomic E-state index is 12.8. The van der Waals surface area contributed by atoms with Crippen molar-refractivity contribution < 1.29 is 9.90 Å². The molecule has 1 amide bonds. The summed E-state index contributed by atoms with van der Waals surface area (Å²) in [4.78, 5) is 15.3. The van der Waals surface area contributed by atoms with Gasteiger partial charge in [-0.05, 0) is 31.4 Å². The quantitative estimate of drug-likeness (QED) is 0.784. The Morgan fingerprint density at radius 2 is 2.27 bits per heavy atom. The number of benzene rings is 1. The number of aromatic nitrogens is 2. The van der Waals surface area contributed by atoms with Gasteiger partial charge >= 0.3 is 0 Å². The predicted molar refractivity (Wildman–Crippen MR) is 101 cm³/mol. The number of para-hydroxylation sites is 1. The van der Waals surface area contributed by atoms with Gasteiger partial charge in [-0.15, -0.1) is 0 Å². The van der Waals surface area contributed by atoms with Crippen LogP contribution < -0.4 is 5.32 Å². The Bertz CT molecular complexity index is 817. The number of H-pyrrole nitrogens is 1. The van der Waals surface area contributed by atoms with Gasteiger partial charge in [-0.25, -0.2) is 0 Å². The lowest BCUT2D eigenvalue weighted by Crippen LogP contribution is -2.65. The van der Waals surface area contributed by atoms with Gasteiger partial charge in [0.15, 0.2) is 0 Å². The Hall–Kier alpha value is -1.92. The van der Waals surface area contributed by atoms with Crippen LogP contribution in [0.3, 0.4) is 0 Å². The van der Waals surface area contributed by atoms with Crippen molar-refractivity contribution in [2.75, 3.05) is 13.1 Å². The number of nitrogens with zero attached hydrogens (tertiary/aromatic N) is 2. The van der Waals surface area contributed by atoms with E-state index in [1.165, 1.54) is 0 Å². The number of aromatic amines is 1. The van der Waals surface area contributed by atoms with Crippen molar-refractivity contribution in [3.63, 3.8) is 0 Å². The van der Waals surface area contributed by atoms with Crippen LogP contribution in [0, 0.1) is 11.3 Å². The minimum Gasteiger partial charge on any atom is -0.391 e. The van der Waals surface area contributed by atoms with E-state index in [9.17, 15) is 9.90 Å². The zero-order valence-electron chi connectivity index (χ0n) is 15.7. The second-order valence-corrected chi connectivity index (χ2v) is 8.31. The van der Waals surface area contributed by atoms with E-state index in [2.05, 4.69) is 41.2 Å². The average molecular weight is 356 g/mol. The molecule has 2 aromatic rings. The SMILES string of the molecule is CCN1CC2(C[C@@H](O)[C@H](NC(=O)c3cccc4cn[nH]c34)C2)C1C(C)C. The Kier molecular flexibility index (Phi) is 4.28. The fourth-order valence-corrected chi connectivity index (χ4v) is 5.45. The molecule has 2 aliphatic rings. The first-order valence-electron chi connectivity index (χ1n) is 9.60. The van der Waals surface area contributed by atoms with E-state index in [0.29, 0.717) is 17.5 Å². The van der Waals surface area contributed by atoms with E-state index in [4.69, 9.17) is 0 Å². The summed E-state index contributed by atoms with van der Waals surface area (Å²) < 4.78 is 0. The molecule has 1 aromatic carbocycles. The molecule has 1 spiro atoms. The molecule has 2 fully saturated rings. The highest BCUT2D eigenvalue weighted by Gasteiger charge is 2.58. The zero-order valence-corrected chi connectivity index (χ0v) is 15.7. The Labute approximate surface area is 154 Å². The van der Waals surface area contributed by atoms with Gasteiger partial charge in [0.2, 0.25) is 0 Å². The summed E-state index contributed by atoms with van der Waals surface area (Å²) in [5, 5.41) is 21.6. The zero-order chi connectivity index (χ0) is 18.5. The highest BCUT2D eigenvalue weighted by atomic mass is 16.3. The molecule has 1 saturated carbocycles. The van der Waals surface area contributed by atoms with Crippen molar-refractivity contribution in [3.8, 4) is 0 Å². The maximum absolute atomic E-state index is 12.8. The molecule has 1 aromatic heterocycles. The molecule has 140 valence electrons. The standard InChI is InChI=1S/C20H28N4O2/c1-4-24-11-20(18(24)12(2)3)8-15(16(25)9-20)22-19(26)14-7-5-6-13-10-21-23-17(13)14/h5-7,10,12,15-16,18,25H,4,8-9,11H2,1-3H3,(H,21,23)(H,22,26)/t15-,16-,18?,20?/m1/s1. The molecular formula is C20H28N4O2. The van der Waals surface area contributed by atoms with E-state index >= 15 is 0 Å². The van der Waals surface area contributed by atoms with Crippen molar-refractivity contribution in [1.29, 1.82) is 0 Å². The highest BCUT2D eigenvalue weighted by Crippen LogP contribution is 2.52. The van der Waals surface area contributed by atoms with Gasteiger partial charge in [-0.2, -0.15) is 5.10 Å². The molecule has 6 nitrogen and oxygen atoms in total. The molecule has 4 atom stereocenters. The van der Waals surface area contributed by atoms with Crippen molar-refractivity contribution in [2.45, 2.75) is 51.8 Å². The van der Waals surface area contributed by atoms with Gasteiger partial charge in [-0.3, -0.25) is 14.8 Å². The smallest absolute Gasteiger partial charge is 0.253 e. The van der Waals surface area contributed by atoms with E-state index in [0.717, 1.165) is 36.8 Å². The lowest BCUT2D eigenvalue weighted by Gasteiger charge is -2.58.